The molecule has 4 rings (SSSR count). The van der Waals surface area contributed by atoms with E-state index >= 15 is 0 Å². The zero-order valence-electron chi connectivity index (χ0n) is 18.2. The molecule has 1 fully saturated rings. The van der Waals surface area contributed by atoms with Gasteiger partial charge in [0.15, 0.2) is 0 Å². The summed E-state index contributed by atoms with van der Waals surface area (Å²) in [6.45, 7) is 6.31. The van der Waals surface area contributed by atoms with Crippen molar-refractivity contribution in [3.63, 3.8) is 0 Å². The number of carbonyl (C=O) groups is 1. The molecule has 1 saturated heterocycles. The molecule has 7 nitrogen and oxygen atoms in total. The van der Waals surface area contributed by atoms with E-state index in [0.29, 0.717) is 36.8 Å². The third kappa shape index (κ3) is 4.53. The number of anilines is 2. The lowest BCUT2D eigenvalue weighted by atomic mass is 10.0. The average Bonchev–Trinajstić information content (AvgIpc) is 2.81. The maximum atomic E-state index is 12.2. The summed E-state index contributed by atoms with van der Waals surface area (Å²) in [5, 5.41) is 9.98. The minimum absolute atomic E-state index is 0.0466. The molecule has 0 amide bonds. The molecule has 1 aliphatic heterocycles. The molecular weight excluding hydrogens is 404 g/mol. The van der Waals surface area contributed by atoms with Gasteiger partial charge in [-0.2, -0.15) is 0 Å². The van der Waals surface area contributed by atoms with Gasteiger partial charge < -0.3 is 20.5 Å². The zero-order valence-corrected chi connectivity index (χ0v) is 18.2. The van der Waals surface area contributed by atoms with E-state index in [1.54, 1.807) is 6.20 Å². The predicted octanol–water partition coefficient (Wildman–Crippen LogP) is 3.75. The number of rotatable bonds is 7. The molecule has 2 aromatic carbocycles. The number of hydrogen-bond acceptors (Lipinski definition) is 6. The van der Waals surface area contributed by atoms with Crippen molar-refractivity contribution in [3.05, 3.63) is 71.9 Å². The van der Waals surface area contributed by atoms with Crippen molar-refractivity contribution < 1.29 is 14.6 Å². The van der Waals surface area contributed by atoms with Gasteiger partial charge in [0.25, 0.3) is 0 Å². The molecule has 0 unspecified atom stereocenters. The molecule has 7 heteroatoms. The number of pyridine rings is 1. The van der Waals surface area contributed by atoms with Crippen LogP contribution in [0.15, 0.2) is 60.8 Å². The van der Waals surface area contributed by atoms with Crippen LogP contribution in [0, 0.1) is 0 Å². The number of para-hydroxylation sites is 1. The number of nitrogens with two attached hydrogens (primary N) is 1. The van der Waals surface area contributed by atoms with Gasteiger partial charge in [0, 0.05) is 50.0 Å². The molecule has 0 radical (unpaired) electrons. The summed E-state index contributed by atoms with van der Waals surface area (Å²) in [4.78, 5) is 21.1. The Morgan fingerprint density at radius 1 is 1.03 bits per heavy atom. The van der Waals surface area contributed by atoms with Crippen LogP contribution < -0.4 is 15.4 Å². The summed E-state index contributed by atoms with van der Waals surface area (Å²) in [6.07, 6.45) is 1.66. The highest BCUT2D eigenvalue weighted by molar-refractivity contribution is 6.03. The molecule has 0 spiro atoms. The van der Waals surface area contributed by atoms with Gasteiger partial charge in [-0.15, -0.1) is 0 Å². The summed E-state index contributed by atoms with van der Waals surface area (Å²) in [6, 6.07) is 17.8. The Hall–Kier alpha value is -3.58. The van der Waals surface area contributed by atoms with Gasteiger partial charge in [0.05, 0.1) is 12.3 Å². The average molecular weight is 433 g/mol. The molecule has 0 aliphatic carbocycles. The fourth-order valence-electron chi connectivity index (χ4n) is 4.11. The molecule has 0 bridgehead atoms. The van der Waals surface area contributed by atoms with Crippen molar-refractivity contribution >= 4 is 17.5 Å². The van der Waals surface area contributed by atoms with Crippen LogP contribution in [-0.2, 0) is 6.54 Å². The number of benzene rings is 2. The molecule has 0 saturated carbocycles. The summed E-state index contributed by atoms with van der Waals surface area (Å²) < 4.78 is 5.71. The highest BCUT2D eigenvalue weighted by Crippen LogP contribution is 2.38. The van der Waals surface area contributed by atoms with Gasteiger partial charge in [-0.3, -0.25) is 4.90 Å². The van der Waals surface area contributed by atoms with Crippen molar-refractivity contribution in [2.75, 3.05) is 43.4 Å². The Labute approximate surface area is 188 Å². The van der Waals surface area contributed by atoms with Gasteiger partial charge in [-0.05, 0) is 18.6 Å². The number of carboxylic acid groups (broad SMARTS) is 1. The number of nitrogens with zero attached hydrogens (tertiary/aromatic N) is 3. The maximum Gasteiger partial charge on any atom is 0.341 e. The highest BCUT2D eigenvalue weighted by Gasteiger charge is 2.27. The van der Waals surface area contributed by atoms with E-state index in [1.165, 1.54) is 5.56 Å². The smallest absolute Gasteiger partial charge is 0.341 e. The van der Waals surface area contributed by atoms with Gasteiger partial charge in [0.2, 0.25) is 0 Å². The number of nitrogen functional groups attached to an aromatic ring is 1. The largest absolute Gasteiger partial charge is 0.493 e. The quantitative estimate of drug-likeness (QED) is 0.587. The predicted molar refractivity (Wildman–Crippen MR) is 126 cm³/mol. The molecule has 0 atom stereocenters. The van der Waals surface area contributed by atoms with E-state index in [1.807, 2.05) is 54.3 Å². The van der Waals surface area contributed by atoms with Crippen LogP contribution in [0.1, 0.15) is 22.8 Å². The monoisotopic (exact) mass is 432 g/mol. The zero-order chi connectivity index (χ0) is 22.5. The number of ether oxygens (including phenoxy) is 1. The number of carboxylic acids is 1. The number of aromatic carboxylic acids is 1. The van der Waals surface area contributed by atoms with Crippen LogP contribution in [0.5, 0.6) is 5.75 Å². The summed E-state index contributed by atoms with van der Waals surface area (Å²) in [5.41, 5.74) is 9.24. The normalized spacial score (nSPS) is 14.3. The van der Waals surface area contributed by atoms with Gasteiger partial charge in [0.1, 0.15) is 17.1 Å². The van der Waals surface area contributed by atoms with Crippen molar-refractivity contribution in [1.82, 2.24) is 9.88 Å². The van der Waals surface area contributed by atoms with Crippen LogP contribution in [0.2, 0.25) is 0 Å². The van der Waals surface area contributed by atoms with Crippen molar-refractivity contribution in [1.29, 1.82) is 0 Å². The Kier molecular flexibility index (Phi) is 6.56. The molecule has 2 heterocycles. The minimum atomic E-state index is -1.08. The van der Waals surface area contributed by atoms with Crippen LogP contribution in [0.25, 0.3) is 11.1 Å². The van der Waals surface area contributed by atoms with Crippen molar-refractivity contribution in [3.8, 4) is 16.9 Å². The highest BCUT2D eigenvalue weighted by atomic mass is 16.5. The molecular formula is C25H28N4O3. The SMILES string of the molecule is CCOc1ccccc1-c1cnc(N2CCN(Cc3ccccc3)CC2)c(C(=O)O)c1N. The summed E-state index contributed by atoms with van der Waals surface area (Å²) in [7, 11) is 0. The van der Waals surface area contributed by atoms with Crippen LogP contribution in [0.3, 0.4) is 0 Å². The fraction of sp³-hybridized carbons (Fsp3) is 0.280. The van der Waals surface area contributed by atoms with E-state index in [-0.39, 0.29) is 11.3 Å². The lowest BCUT2D eigenvalue weighted by Gasteiger charge is -2.36. The van der Waals surface area contributed by atoms with E-state index in [0.717, 1.165) is 25.2 Å². The first-order valence-corrected chi connectivity index (χ1v) is 10.8. The van der Waals surface area contributed by atoms with Crippen LogP contribution in [-0.4, -0.2) is 53.7 Å². The van der Waals surface area contributed by atoms with E-state index in [4.69, 9.17) is 10.5 Å². The van der Waals surface area contributed by atoms with Crippen LogP contribution in [0.4, 0.5) is 11.5 Å². The second kappa shape index (κ2) is 9.70. The third-order valence-corrected chi connectivity index (χ3v) is 5.71. The van der Waals surface area contributed by atoms with Crippen molar-refractivity contribution in [2.24, 2.45) is 0 Å². The second-order valence-electron chi connectivity index (χ2n) is 7.77. The first-order valence-electron chi connectivity index (χ1n) is 10.8. The lowest BCUT2D eigenvalue weighted by Crippen LogP contribution is -2.46. The van der Waals surface area contributed by atoms with E-state index in [2.05, 4.69) is 22.0 Å². The summed E-state index contributed by atoms with van der Waals surface area (Å²) >= 11 is 0. The Balaban J connectivity index is 1.58. The fourth-order valence-corrected chi connectivity index (χ4v) is 4.11. The standard InChI is InChI=1S/C25H28N4O3/c1-2-32-21-11-7-6-10-19(21)20-16-27-24(22(23(20)26)25(30)31)29-14-12-28(13-15-29)17-18-8-4-3-5-9-18/h3-11,16H,2,12-15,17H2,1H3,(H2,26,27)(H,30,31). The molecule has 32 heavy (non-hydrogen) atoms. The molecule has 166 valence electrons. The second-order valence-corrected chi connectivity index (χ2v) is 7.77. The molecule has 3 aromatic rings. The first-order chi connectivity index (χ1) is 15.6. The Morgan fingerprint density at radius 2 is 1.72 bits per heavy atom. The number of piperazine rings is 1. The molecule has 1 aliphatic rings. The molecule has 1 aromatic heterocycles. The Bertz CT molecular complexity index is 1080. The summed E-state index contributed by atoms with van der Waals surface area (Å²) in [5.74, 6) is 0.00146. The third-order valence-electron chi connectivity index (χ3n) is 5.71. The van der Waals surface area contributed by atoms with E-state index < -0.39 is 5.97 Å². The van der Waals surface area contributed by atoms with Gasteiger partial charge >= 0.3 is 5.97 Å². The van der Waals surface area contributed by atoms with Crippen molar-refractivity contribution in [2.45, 2.75) is 13.5 Å². The first kappa shape index (κ1) is 21.6. The van der Waals surface area contributed by atoms with E-state index in [9.17, 15) is 9.90 Å². The molecule has 3 N–H and O–H groups in total. The topological polar surface area (TPSA) is 91.9 Å². The van der Waals surface area contributed by atoms with Crippen LogP contribution >= 0.6 is 0 Å². The maximum absolute atomic E-state index is 12.2. The Morgan fingerprint density at radius 3 is 2.41 bits per heavy atom. The number of aromatic nitrogens is 1. The van der Waals surface area contributed by atoms with Gasteiger partial charge in [-0.1, -0.05) is 48.5 Å². The minimum Gasteiger partial charge on any atom is -0.493 e. The lowest BCUT2D eigenvalue weighted by molar-refractivity contribution is 0.0698. The van der Waals surface area contributed by atoms with Gasteiger partial charge in [-0.25, -0.2) is 9.78 Å². The number of hydrogen-bond donors (Lipinski definition) is 2.